The molecule has 0 saturated carbocycles. The van der Waals surface area contributed by atoms with Gasteiger partial charge in [-0.25, -0.2) is 0 Å². The molecule has 2 heterocycles. The smallest absolute Gasteiger partial charge is 0.251 e. The first-order chi connectivity index (χ1) is 10.0. The van der Waals surface area contributed by atoms with Crippen LogP contribution >= 0.6 is 0 Å². The molecule has 112 valence electrons. The lowest BCUT2D eigenvalue weighted by Crippen LogP contribution is -2.38. The highest BCUT2D eigenvalue weighted by molar-refractivity contribution is 5.95. The Morgan fingerprint density at radius 1 is 1.33 bits per heavy atom. The summed E-state index contributed by atoms with van der Waals surface area (Å²) in [7, 11) is 0. The van der Waals surface area contributed by atoms with Crippen molar-refractivity contribution >= 4 is 11.8 Å². The van der Waals surface area contributed by atoms with Crippen molar-refractivity contribution in [2.24, 2.45) is 0 Å². The summed E-state index contributed by atoms with van der Waals surface area (Å²) in [6.07, 6.45) is 0.356. The normalized spacial score (nSPS) is 20.2. The predicted molar refractivity (Wildman–Crippen MR) is 75.3 cm³/mol. The molecule has 0 spiro atoms. The number of nitrogens with zero attached hydrogens (tertiary/aromatic N) is 1. The number of hydrogen-bond donors (Lipinski definition) is 1. The Kier molecular flexibility index (Phi) is 3.45. The second-order valence-electron chi connectivity index (χ2n) is 5.58. The molecule has 6 heteroatoms. The third kappa shape index (κ3) is 2.66. The van der Waals surface area contributed by atoms with Gasteiger partial charge in [-0.1, -0.05) is 0 Å². The molecular weight excluding hydrogens is 272 g/mol. The highest BCUT2D eigenvalue weighted by Gasteiger charge is 2.32. The predicted octanol–water partition coefficient (Wildman–Crippen LogP) is 1.15. The second kappa shape index (κ2) is 5.27. The van der Waals surface area contributed by atoms with Crippen LogP contribution in [0.3, 0.4) is 0 Å². The summed E-state index contributed by atoms with van der Waals surface area (Å²) in [6, 6.07) is 5.09. The average molecular weight is 290 g/mol. The number of benzene rings is 1. The summed E-state index contributed by atoms with van der Waals surface area (Å²) in [6.45, 7) is 4.69. The quantitative estimate of drug-likeness (QED) is 0.907. The molecule has 2 aliphatic rings. The van der Waals surface area contributed by atoms with Gasteiger partial charge in [-0.15, -0.1) is 0 Å². The highest BCUT2D eigenvalue weighted by Crippen LogP contribution is 2.32. The van der Waals surface area contributed by atoms with E-state index in [1.54, 1.807) is 23.1 Å². The molecule has 1 N–H and O–H groups in total. The lowest BCUT2D eigenvalue weighted by atomic mass is 10.1. The van der Waals surface area contributed by atoms with Gasteiger partial charge in [0.15, 0.2) is 11.5 Å². The Hall–Kier alpha value is -2.24. The number of fused-ring (bicyclic) bond motifs is 1. The van der Waals surface area contributed by atoms with Gasteiger partial charge in [0, 0.05) is 24.6 Å². The van der Waals surface area contributed by atoms with Crippen LogP contribution in [0.2, 0.25) is 0 Å². The van der Waals surface area contributed by atoms with Crippen molar-refractivity contribution in [1.82, 2.24) is 10.2 Å². The number of carbonyl (C=O) groups is 2. The molecule has 0 aromatic heterocycles. The summed E-state index contributed by atoms with van der Waals surface area (Å²) in [4.78, 5) is 25.9. The Labute approximate surface area is 123 Å². The minimum Gasteiger partial charge on any atom is -0.454 e. The maximum Gasteiger partial charge on any atom is 0.251 e. The van der Waals surface area contributed by atoms with E-state index >= 15 is 0 Å². The van der Waals surface area contributed by atoms with Crippen molar-refractivity contribution < 1.29 is 19.1 Å². The van der Waals surface area contributed by atoms with Crippen molar-refractivity contribution in [1.29, 1.82) is 0 Å². The highest BCUT2D eigenvalue weighted by atomic mass is 16.7. The van der Waals surface area contributed by atoms with Crippen LogP contribution in [0.1, 0.15) is 30.6 Å². The summed E-state index contributed by atoms with van der Waals surface area (Å²) < 4.78 is 10.5. The number of hydrogen-bond acceptors (Lipinski definition) is 4. The summed E-state index contributed by atoms with van der Waals surface area (Å²) >= 11 is 0. The third-order valence-corrected chi connectivity index (χ3v) is 3.75. The van der Waals surface area contributed by atoms with Crippen LogP contribution in [0.25, 0.3) is 0 Å². The van der Waals surface area contributed by atoms with Gasteiger partial charge in [0.1, 0.15) is 0 Å². The Morgan fingerprint density at radius 2 is 2.10 bits per heavy atom. The number of nitrogens with one attached hydrogen (secondary N) is 1. The number of ether oxygens (including phenoxy) is 2. The van der Waals surface area contributed by atoms with Crippen molar-refractivity contribution in [3.8, 4) is 11.5 Å². The number of carbonyl (C=O) groups excluding carboxylic acids is 2. The molecule has 6 nitrogen and oxygen atoms in total. The van der Waals surface area contributed by atoms with Crippen LogP contribution in [0.5, 0.6) is 11.5 Å². The average Bonchev–Trinajstić information content (AvgIpc) is 3.04. The van der Waals surface area contributed by atoms with Gasteiger partial charge in [-0.05, 0) is 32.0 Å². The van der Waals surface area contributed by atoms with E-state index in [1.165, 1.54) is 0 Å². The van der Waals surface area contributed by atoms with Crippen LogP contribution in [-0.2, 0) is 4.79 Å². The molecule has 21 heavy (non-hydrogen) atoms. The first kappa shape index (κ1) is 13.7. The lowest BCUT2D eigenvalue weighted by molar-refractivity contribution is -0.129. The zero-order valence-electron chi connectivity index (χ0n) is 12.1. The van der Waals surface area contributed by atoms with Crippen LogP contribution in [0, 0.1) is 0 Å². The molecule has 1 aromatic rings. The molecule has 3 rings (SSSR count). The molecule has 2 aliphatic heterocycles. The van der Waals surface area contributed by atoms with E-state index in [0.29, 0.717) is 30.0 Å². The molecule has 0 bridgehead atoms. The monoisotopic (exact) mass is 290 g/mol. The van der Waals surface area contributed by atoms with Gasteiger partial charge in [0.25, 0.3) is 5.91 Å². The zero-order valence-corrected chi connectivity index (χ0v) is 12.1. The maximum absolute atomic E-state index is 12.2. The zero-order chi connectivity index (χ0) is 15.0. The maximum atomic E-state index is 12.2. The van der Waals surface area contributed by atoms with E-state index in [1.807, 2.05) is 13.8 Å². The molecule has 0 radical (unpaired) electrons. The molecule has 1 saturated heterocycles. The van der Waals surface area contributed by atoms with Crippen molar-refractivity contribution in [2.75, 3.05) is 13.3 Å². The van der Waals surface area contributed by atoms with E-state index in [9.17, 15) is 9.59 Å². The Morgan fingerprint density at radius 3 is 2.81 bits per heavy atom. The van der Waals surface area contributed by atoms with Gasteiger partial charge < -0.3 is 19.7 Å². The second-order valence-corrected chi connectivity index (χ2v) is 5.58. The lowest BCUT2D eigenvalue weighted by Gasteiger charge is -2.21. The minimum atomic E-state index is -0.197. The molecule has 1 aromatic carbocycles. The Balaban J connectivity index is 1.66. The van der Waals surface area contributed by atoms with E-state index in [4.69, 9.17) is 9.47 Å². The first-order valence-electron chi connectivity index (χ1n) is 7.04. The van der Waals surface area contributed by atoms with Crippen LogP contribution in [-0.4, -0.2) is 42.1 Å². The summed E-state index contributed by atoms with van der Waals surface area (Å²) in [5.74, 6) is 1.11. The molecule has 0 aliphatic carbocycles. The van der Waals surface area contributed by atoms with Gasteiger partial charge in [0.2, 0.25) is 12.7 Å². The van der Waals surface area contributed by atoms with E-state index in [-0.39, 0.29) is 30.7 Å². The number of likely N-dealkylation sites (tertiary alicyclic amines) is 1. The summed E-state index contributed by atoms with van der Waals surface area (Å²) in [5.41, 5.74) is 0.509. The molecule has 1 fully saturated rings. The fraction of sp³-hybridized carbons (Fsp3) is 0.467. The number of amides is 2. The fourth-order valence-electron chi connectivity index (χ4n) is 2.63. The van der Waals surface area contributed by atoms with Gasteiger partial charge in [0.05, 0.1) is 6.04 Å². The standard InChI is InChI=1S/C15H18N2O4/c1-9(2)17-7-11(6-14(17)18)16-15(19)10-3-4-12-13(5-10)21-8-20-12/h3-5,9,11H,6-8H2,1-2H3,(H,16,19). The molecular formula is C15H18N2O4. The first-order valence-corrected chi connectivity index (χ1v) is 7.04. The van der Waals surface area contributed by atoms with Crippen molar-refractivity contribution in [3.05, 3.63) is 23.8 Å². The molecule has 2 amide bonds. The summed E-state index contributed by atoms with van der Waals surface area (Å²) in [5, 5.41) is 2.90. The van der Waals surface area contributed by atoms with Crippen LogP contribution in [0.15, 0.2) is 18.2 Å². The topological polar surface area (TPSA) is 67.9 Å². The van der Waals surface area contributed by atoms with Gasteiger partial charge in [-0.2, -0.15) is 0 Å². The van der Waals surface area contributed by atoms with Gasteiger partial charge >= 0.3 is 0 Å². The largest absolute Gasteiger partial charge is 0.454 e. The Bertz CT molecular complexity index is 585. The fourth-order valence-corrected chi connectivity index (χ4v) is 2.63. The third-order valence-electron chi connectivity index (χ3n) is 3.75. The van der Waals surface area contributed by atoms with E-state index < -0.39 is 0 Å². The molecule has 1 atom stereocenters. The van der Waals surface area contributed by atoms with Crippen molar-refractivity contribution in [2.45, 2.75) is 32.4 Å². The minimum absolute atomic E-state index is 0.0842. The molecule has 1 unspecified atom stereocenters. The SMILES string of the molecule is CC(C)N1CC(NC(=O)c2ccc3c(c2)OCO3)CC1=O. The van der Waals surface area contributed by atoms with Crippen LogP contribution in [0.4, 0.5) is 0 Å². The number of rotatable bonds is 3. The van der Waals surface area contributed by atoms with E-state index in [0.717, 1.165) is 0 Å². The van der Waals surface area contributed by atoms with Gasteiger partial charge in [-0.3, -0.25) is 9.59 Å². The van der Waals surface area contributed by atoms with Crippen molar-refractivity contribution in [3.63, 3.8) is 0 Å². The van der Waals surface area contributed by atoms with Crippen LogP contribution < -0.4 is 14.8 Å². The van der Waals surface area contributed by atoms with E-state index in [2.05, 4.69) is 5.32 Å².